The van der Waals surface area contributed by atoms with Crippen LogP contribution in [0.25, 0.3) is 0 Å². The van der Waals surface area contributed by atoms with Gasteiger partial charge in [0.15, 0.2) is 0 Å². The summed E-state index contributed by atoms with van der Waals surface area (Å²) in [4.78, 5) is 14.3. The molecule has 1 aliphatic heterocycles. The number of urea groups is 1. The lowest BCUT2D eigenvalue weighted by Gasteiger charge is -2.30. The molecule has 0 saturated carbocycles. The highest BCUT2D eigenvalue weighted by Crippen LogP contribution is 2.31. The third kappa shape index (κ3) is 2.70. The van der Waals surface area contributed by atoms with Crippen LogP contribution in [0.15, 0.2) is 42.5 Å². The van der Waals surface area contributed by atoms with Gasteiger partial charge in [-0.2, -0.15) is 0 Å². The van der Waals surface area contributed by atoms with Crippen LogP contribution in [0, 0.1) is 6.92 Å². The number of carbonyl (C=O) groups excluding carboxylic acids is 1. The average molecular weight is 281 g/mol. The summed E-state index contributed by atoms with van der Waals surface area (Å²) in [5.41, 5.74) is 10.7. The topological polar surface area (TPSA) is 58.4 Å². The van der Waals surface area contributed by atoms with Crippen LogP contribution in [0.3, 0.4) is 0 Å². The minimum atomic E-state index is -0.104. The van der Waals surface area contributed by atoms with Crippen LogP contribution >= 0.6 is 0 Å². The first-order chi connectivity index (χ1) is 10.1. The van der Waals surface area contributed by atoms with Crippen molar-refractivity contribution in [1.82, 2.24) is 0 Å². The molecule has 2 amide bonds. The smallest absolute Gasteiger partial charge is 0.326 e. The third-order valence-corrected chi connectivity index (χ3v) is 3.80. The summed E-state index contributed by atoms with van der Waals surface area (Å²) in [6.07, 6.45) is 1.86. The number of hydrogen-bond acceptors (Lipinski definition) is 2. The van der Waals surface area contributed by atoms with E-state index in [2.05, 4.69) is 5.32 Å². The van der Waals surface area contributed by atoms with Crippen LogP contribution in [0.4, 0.5) is 21.9 Å². The van der Waals surface area contributed by atoms with Gasteiger partial charge in [0, 0.05) is 17.9 Å². The van der Waals surface area contributed by atoms with E-state index in [-0.39, 0.29) is 6.03 Å². The van der Waals surface area contributed by atoms with Gasteiger partial charge < -0.3 is 11.1 Å². The summed E-state index contributed by atoms with van der Waals surface area (Å²) in [5, 5.41) is 2.96. The predicted octanol–water partition coefficient (Wildman–Crippen LogP) is 3.56. The Bertz CT molecular complexity index is 681. The number of nitrogens with two attached hydrogens (primary N) is 1. The van der Waals surface area contributed by atoms with Crippen molar-refractivity contribution in [3.63, 3.8) is 0 Å². The van der Waals surface area contributed by atoms with Gasteiger partial charge in [-0.1, -0.05) is 18.2 Å². The number of rotatable bonds is 1. The summed E-state index contributed by atoms with van der Waals surface area (Å²) >= 11 is 0. The molecule has 0 unspecified atom stereocenters. The Balaban J connectivity index is 1.85. The molecule has 21 heavy (non-hydrogen) atoms. The van der Waals surface area contributed by atoms with Gasteiger partial charge in [-0.15, -0.1) is 0 Å². The SMILES string of the molecule is Cc1cccc(NC(=O)N2CCCc3c(N)cccc32)c1. The van der Waals surface area contributed by atoms with Crippen molar-refractivity contribution >= 4 is 23.1 Å². The molecule has 0 saturated heterocycles. The average Bonchev–Trinajstić information content (AvgIpc) is 2.47. The first-order valence-corrected chi connectivity index (χ1v) is 7.18. The highest BCUT2D eigenvalue weighted by molar-refractivity contribution is 6.03. The number of fused-ring (bicyclic) bond motifs is 1. The molecule has 0 aliphatic carbocycles. The molecule has 108 valence electrons. The Hall–Kier alpha value is -2.49. The summed E-state index contributed by atoms with van der Waals surface area (Å²) in [6, 6.07) is 13.4. The van der Waals surface area contributed by atoms with Gasteiger partial charge in [0.25, 0.3) is 0 Å². The number of anilines is 3. The minimum absolute atomic E-state index is 0.104. The molecule has 4 heteroatoms. The maximum absolute atomic E-state index is 12.5. The van der Waals surface area contributed by atoms with E-state index in [9.17, 15) is 4.79 Å². The highest BCUT2D eigenvalue weighted by atomic mass is 16.2. The monoisotopic (exact) mass is 281 g/mol. The first kappa shape index (κ1) is 13.5. The number of benzene rings is 2. The molecular formula is C17H19N3O. The second-order valence-electron chi connectivity index (χ2n) is 5.40. The Kier molecular flexibility index (Phi) is 3.52. The zero-order valence-corrected chi connectivity index (χ0v) is 12.1. The van der Waals surface area contributed by atoms with Crippen molar-refractivity contribution in [2.75, 3.05) is 22.5 Å². The maximum Gasteiger partial charge on any atom is 0.326 e. The lowest BCUT2D eigenvalue weighted by atomic mass is 10.0. The molecule has 1 aliphatic rings. The van der Waals surface area contributed by atoms with Gasteiger partial charge in [0.05, 0.1) is 5.69 Å². The van der Waals surface area contributed by atoms with Crippen LogP contribution in [0.2, 0.25) is 0 Å². The number of amides is 2. The zero-order valence-electron chi connectivity index (χ0n) is 12.1. The first-order valence-electron chi connectivity index (χ1n) is 7.18. The molecule has 2 aromatic rings. The van der Waals surface area contributed by atoms with E-state index in [0.29, 0.717) is 6.54 Å². The normalized spacial score (nSPS) is 13.7. The highest BCUT2D eigenvalue weighted by Gasteiger charge is 2.23. The third-order valence-electron chi connectivity index (χ3n) is 3.80. The summed E-state index contributed by atoms with van der Waals surface area (Å²) in [5.74, 6) is 0. The van der Waals surface area contributed by atoms with E-state index in [1.165, 1.54) is 0 Å². The van der Waals surface area contributed by atoms with Gasteiger partial charge in [-0.3, -0.25) is 4.90 Å². The molecule has 2 aromatic carbocycles. The van der Waals surface area contributed by atoms with E-state index in [0.717, 1.165) is 41.0 Å². The fourth-order valence-corrected chi connectivity index (χ4v) is 2.78. The number of carbonyl (C=O) groups is 1. The molecule has 0 spiro atoms. The quantitative estimate of drug-likeness (QED) is 0.785. The van der Waals surface area contributed by atoms with E-state index >= 15 is 0 Å². The molecule has 0 radical (unpaired) electrons. The number of hydrogen-bond donors (Lipinski definition) is 2. The van der Waals surface area contributed by atoms with E-state index < -0.39 is 0 Å². The Morgan fingerprint density at radius 3 is 2.86 bits per heavy atom. The molecule has 0 aromatic heterocycles. The van der Waals surface area contributed by atoms with Crippen LogP contribution < -0.4 is 16.0 Å². The molecule has 3 N–H and O–H groups in total. The molecule has 1 heterocycles. The van der Waals surface area contributed by atoms with Gasteiger partial charge >= 0.3 is 6.03 Å². The van der Waals surface area contributed by atoms with E-state index in [4.69, 9.17) is 5.73 Å². The van der Waals surface area contributed by atoms with Crippen molar-refractivity contribution in [2.45, 2.75) is 19.8 Å². The molecule has 0 atom stereocenters. The predicted molar refractivity (Wildman–Crippen MR) is 86.7 cm³/mol. The molecule has 0 fully saturated rings. The Labute approximate surface area is 124 Å². The minimum Gasteiger partial charge on any atom is -0.398 e. The Morgan fingerprint density at radius 1 is 1.24 bits per heavy atom. The maximum atomic E-state index is 12.5. The number of nitrogens with zero attached hydrogens (tertiary/aromatic N) is 1. The fourth-order valence-electron chi connectivity index (χ4n) is 2.78. The van der Waals surface area contributed by atoms with Gasteiger partial charge in [0.2, 0.25) is 0 Å². The van der Waals surface area contributed by atoms with Crippen LogP contribution in [0.5, 0.6) is 0 Å². The zero-order chi connectivity index (χ0) is 14.8. The van der Waals surface area contributed by atoms with E-state index in [1.54, 1.807) is 4.90 Å². The largest absolute Gasteiger partial charge is 0.398 e. The van der Waals surface area contributed by atoms with Crippen molar-refractivity contribution in [3.8, 4) is 0 Å². The lowest BCUT2D eigenvalue weighted by Crippen LogP contribution is -2.38. The van der Waals surface area contributed by atoms with Gasteiger partial charge in [-0.25, -0.2) is 4.79 Å². The summed E-state index contributed by atoms with van der Waals surface area (Å²) in [6.45, 7) is 2.72. The van der Waals surface area contributed by atoms with Crippen LogP contribution in [-0.2, 0) is 6.42 Å². The number of nitrogen functional groups attached to an aromatic ring is 1. The molecular weight excluding hydrogens is 262 g/mol. The van der Waals surface area contributed by atoms with E-state index in [1.807, 2.05) is 49.4 Å². The van der Waals surface area contributed by atoms with Crippen LogP contribution in [0.1, 0.15) is 17.5 Å². The fraction of sp³-hybridized carbons (Fsp3) is 0.235. The van der Waals surface area contributed by atoms with Gasteiger partial charge in [0.1, 0.15) is 0 Å². The summed E-state index contributed by atoms with van der Waals surface area (Å²) in [7, 11) is 0. The van der Waals surface area contributed by atoms with Crippen molar-refractivity contribution < 1.29 is 4.79 Å². The molecule has 0 bridgehead atoms. The Morgan fingerprint density at radius 2 is 2.05 bits per heavy atom. The number of nitrogens with one attached hydrogen (secondary N) is 1. The second kappa shape index (κ2) is 5.48. The number of aryl methyl sites for hydroxylation is 1. The van der Waals surface area contributed by atoms with Crippen molar-refractivity contribution in [3.05, 3.63) is 53.6 Å². The second-order valence-corrected chi connectivity index (χ2v) is 5.40. The van der Waals surface area contributed by atoms with Crippen molar-refractivity contribution in [2.24, 2.45) is 0 Å². The summed E-state index contributed by atoms with van der Waals surface area (Å²) < 4.78 is 0. The molecule has 3 rings (SSSR count). The van der Waals surface area contributed by atoms with Crippen LogP contribution in [-0.4, -0.2) is 12.6 Å². The lowest BCUT2D eigenvalue weighted by molar-refractivity contribution is 0.256. The molecule has 4 nitrogen and oxygen atoms in total. The standard InChI is InChI=1S/C17H19N3O/c1-12-5-2-6-13(11-12)19-17(21)20-10-4-7-14-15(18)8-3-9-16(14)20/h2-3,5-6,8-9,11H,4,7,10,18H2,1H3,(H,19,21). The van der Waals surface area contributed by atoms with Crippen molar-refractivity contribution in [1.29, 1.82) is 0 Å². The van der Waals surface area contributed by atoms with Gasteiger partial charge in [-0.05, 0) is 55.2 Å².